The number of benzene rings is 1. The molecule has 1 unspecified atom stereocenters. The lowest BCUT2D eigenvalue weighted by Crippen LogP contribution is -2.40. The zero-order chi connectivity index (χ0) is 21.5. The molecule has 3 rings (SSSR count). The topological polar surface area (TPSA) is 120 Å². The van der Waals surface area contributed by atoms with Crippen molar-refractivity contribution in [2.75, 3.05) is 37.0 Å². The van der Waals surface area contributed by atoms with E-state index in [1.807, 2.05) is 24.3 Å². The first-order valence-electron chi connectivity index (χ1n) is 9.81. The predicted octanol–water partition coefficient (Wildman–Crippen LogP) is 2.79. The van der Waals surface area contributed by atoms with Crippen molar-refractivity contribution in [3.8, 4) is 5.75 Å². The van der Waals surface area contributed by atoms with Crippen molar-refractivity contribution >= 4 is 23.3 Å². The first-order valence-corrected chi connectivity index (χ1v) is 9.81. The molecule has 2 heterocycles. The second-order valence-corrected chi connectivity index (χ2v) is 6.89. The number of esters is 1. The van der Waals surface area contributed by atoms with Gasteiger partial charge in [-0.1, -0.05) is 12.1 Å². The summed E-state index contributed by atoms with van der Waals surface area (Å²) in [5.74, 6) is 0.469. The van der Waals surface area contributed by atoms with Crippen LogP contribution in [-0.2, 0) is 16.1 Å². The number of nitro groups is 1. The van der Waals surface area contributed by atoms with Gasteiger partial charge in [-0.15, -0.1) is 0 Å². The lowest BCUT2D eigenvalue weighted by atomic mass is 9.98. The number of nitrogens with one attached hydrogen (secondary N) is 1. The number of methoxy groups -OCH3 is 1. The first kappa shape index (κ1) is 21.3. The smallest absolute Gasteiger partial charge is 0.353 e. The summed E-state index contributed by atoms with van der Waals surface area (Å²) in [4.78, 5) is 33.5. The Morgan fingerprint density at radius 2 is 2.10 bits per heavy atom. The molecule has 1 aromatic carbocycles. The van der Waals surface area contributed by atoms with Crippen LogP contribution in [0.4, 0.5) is 17.3 Å². The average molecular weight is 415 g/mol. The Morgan fingerprint density at radius 3 is 2.77 bits per heavy atom. The fourth-order valence-corrected chi connectivity index (χ4v) is 3.45. The minimum atomic E-state index is -0.486. The third kappa shape index (κ3) is 4.94. The summed E-state index contributed by atoms with van der Waals surface area (Å²) in [5, 5.41) is 14.9. The lowest BCUT2D eigenvalue weighted by molar-refractivity contribution is -0.383. The molecule has 1 aliphatic heterocycles. The molecule has 1 aromatic heterocycles. The predicted molar refractivity (Wildman–Crippen MR) is 111 cm³/mol. The normalized spacial score (nSPS) is 16.1. The van der Waals surface area contributed by atoms with E-state index in [-0.39, 0.29) is 29.2 Å². The number of aromatic nitrogens is 2. The highest BCUT2D eigenvalue weighted by atomic mass is 16.6. The molecule has 160 valence electrons. The van der Waals surface area contributed by atoms with Crippen LogP contribution in [0, 0.1) is 16.0 Å². The molecule has 10 heteroatoms. The van der Waals surface area contributed by atoms with Crippen LogP contribution in [0.5, 0.6) is 5.75 Å². The van der Waals surface area contributed by atoms with Crippen molar-refractivity contribution in [1.29, 1.82) is 0 Å². The molecule has 1 saturated heterocycles. The van der Waals surface area contributed by atoms with E-state index in [9.17, 15) is 14.9 Å². The van der Waals surface area contributed by atoms with Gasteiger partial charge in [0, 0.05) is 19.6 Å². The van der Waals surface area contributed by atoms with Gasteiger partial charge in [-0.3, -0.25) is 14.9 Å². The molecule has 1 fully saturated rings. The number of rotatable bonds is 8. The third-order valence-electron chi connectivity index (χ3n) is 4.95. The highest BCUT2D eigenvalue weighted by Gasteiger charge is 2.33. The van der Waals surface area contributed by atoms with Crippen molar-refractivity contribution in [2.24, 2.45) is 5.92 Å². The molecule has 1 aliphatic rings. The van der Waals surface area contributed by atoms with E-state index in [4.69, 9.17) is 9.47 Å². The molecule has 1 atom stereocenters. The molecule has 0 bridgehead atoms. The van der Waals surface area contributed by atoms with Crippen molar-refractivity contribution in [1.82, 2.24) is 9.97 Å². The quantitative estimate of drug-likeness (QED) is 0.394. The van der Waals surface area contributed by atoms with Gasteiger partial charge in [0.2, 0.25) is 11.6 Å². The largest absolute Gasteiger partial charge is 0.497 e. The number of hydrogen-bond acceptors (Lipinski definition) is 9. The molecular formula is C20H25N5O5. The van der Waals surface area contributed by atoms with Crippen LogP contribution in [0.3, 0.4) is 0 Å². The maximum atomic E-state index is 12.1. The molecule has 30 heavy (non-hydrogen) atoms. The number of hydrogen-bond donors (Lipinski definition) is 1. The zero-order valence-corrected chi connectivity index (χ0v) is 17.0. The van der Waals surface area contributed by atoms with Gasteiger partial charge in [-0.05, 0) is 37.5 Å². The van der Waals surface area contributed by atoms with E-state index in [0.29, 0.717) is 32.7 Å². The second kappa shape index (κ2) is 9.86. The number of anilines is 2. The fraction of sp³-hybridized carbons (Fsp3) is 0.450. The summed E-state index contributed by atoms with van der Waals surface area (Å²) in [6, 6.07) is 7.38. The molecule has 2 aromatic rings. The van der Waals surface area contributed by atoms with Gasteiger partial charge in [0.05, 0.1) is 24.6 Å². The van der Waals surface area contributed by atoms with Crippen LogP contribution in [0.1, 0.15) is 25.3 Å². The molecule has 0 spiro atoms. The fourth-order valence-electron chi connectivity index (χ4n) is 3.45. The Kier molecular flexibility index (Phi) is 6.99. The summed E-state index contributed by atoms with van der Waals surface area (Å²) in [6.07, 6.45) is 2.71. The maximum absolute atomic E-state index is 12.1. The summed E-state index contributed by atoms with van der Waals surface area (Å²) in [6.45, 7) is 3.32. The van der Waals surface area contributed by atoms with Crippen LogP contribution in [0.2, 0.25) is 0 Å². The molecule has 0 aliphatic carbocycles. The van der Waals surface area contributed by atoms with E-state index in [2.05, 4.69) is 15.3 Å². The molecule has 1 N–H and O–H groups in total. The maximum Gasteiger partial charge on any atom is 0.353 e. The lowest BCUT2D eigenvalue weighted by Gasteiger charge is -2.32. The van der Waals surface area contributed by atoms with Crippen LogP contribution in [-0.4, -0.2) is 47.7 Å². The van der Waals surface area contributed by atoms with E-state index >= 15 is 0 Å². The van der Waals surface area contributed by atoms with Gasteiger partial charge in [0.1, 0.15) is 12.1 Å². The Hall–Kier alpha value is -3.43. The van der Waals surface area contributed by atoms with E-state index in [0.717, 1.165) is 17.7 Å². The minimum absolute atomic E-state index is 0.138. The van der Waals surface area contributed by atoms with Gasteiger partial charge in [0.25, 0.3) is 0 Å². The molecule has 0 radical (unpaired) electrons. The van der Waals surface area contributed by atoms with Crippen molar-refractivity contribution < 1.29 is 19.2 Å². The van der Waals surface area contributed by atoms with E-state index < -0.39 is 4.92 Å². The Balaban J connectivity index is 1.80. The van der Waals surface area contributed by atoms with Crippen LogP contribution >= 0.6 is 0 Å². The Labute approximate surface area is 174 Å². The number of carbonyl (C=O) groups excluding carboxylic acids is 1. The van der Waals surface area contributed by atoms with Crippen LogP contribution < -0.4 is 15.0 Å². The van der Waals surface area contributed by atoms with Gasteiger partial charge in [-0.2, -0.15) is 0 Å². The van der Waals surface area contributed by atoms with Gasteiger partial charge < -0.3 is 19.7 Å². The highest BCUT2D eigenvalue weighted by Crippen LogP contribution is 2.34. The van der Waals surface area contributed by atoms with Crippen molar-refractivity contribution in [3.63, 3.8) is 0 Å². The van der Waals surface area contributed by atoms with E-state index in [1.54, 1.807) is 18.9 Å². The van der Waals surface area contributed by atoms with Crippen LogP contribution in [0.15, 0.2) is 30.6 Å². The van der Waals surface area contributed by atoms with Crippen molar-refractivity contribution in [3.05, 3.63) is 46.3 Å². The molecule has 10 nitrogen and oxygen atoms in total. The third-order valence-corrected chi connectivity index (χ3v) is 4.95. The first-order chi connectivity index (χ1) is 14.5. The summed E-state index contributed by atoms with van der Waals surface area (Å²) >= 11 is 0. The summed E-state index contributed by atoms with van der Waals surface area (Å²) < 4.78 is 10.3. The monoisotopic (exact) mass is 415 g/mol. The van der Waals surface area contributed by atoms with Gasteiger partial charge in [-0.25, -0.2) is 9.97 Å². The van der Waals surface area contributed by atoms with Crippen molar-refractivity contribution in [2.45, 2.75) is 26.3 Å². The SMILES string of the molecule is CCOC(=O)C1CCCN(c2ncnc(NCc3ccc(OC)cc3)c2[N+](=O)[O-])C1. The zero-order valence-electron chi connectivity index (χ0n) is 17.0. The second-order valence-electron chi connectivity index (χ2n) is 6.89. The number of piperidine rings is 1. The molecular weight excluding hydrogens is 390 g/mol. The standard InChI is InChI=1S/C20H25N5O5/c1-3-30-20(26)15-5-4-10-24(12-15)19-17(25(27)28)18(22-13-23-19)21-11-14-6-8-16(29-2)9-7-14/h6-9,13,15H,3-5,10-12H2,1-2H3,(H,21,22,23). The Morgan fingerprint density at radius 1 is 1.33 bits per heavy atom. The number of ether oxygens (including phenoxy) is 2. The summed E-state index contributed by atoms with van der Waals surface area (Å²) in [7, 11) is 1.59. The van der Waals surface area contributed by atoms with Gasteiger partial charge in [0.15, 0.2) is 0 Å². The van der Waals surface area contributed by atoms with Gasteiger partial charge >= 0.3 is 11.7 Å². The minimum Gasteiger partial charge on any atom is -0.497 e. The highest BCUT2D eigenvalue weighted by molar-refractivity contribution is 5.75. The van der Waals surface area contributed by atoms with E-state index in [1.165, 1.54) is 6.33 Å². The molecule has 0 amide bonds. The number of carbonyl (C=O) groups is 1. The average Bonchev–Trinajstić information content (AvgIpc) is 2.78. The Bertz CT molecular complexity index is 890. The number of nitrogens with zero attached hydrogens (tertiary/aromatic N) is 4. The summed E-state index contributed by atoms with van der Waals surface area (Å²) in [5.41, 5.74) is 0.723. The molecule has 0 saturated carbocycles. The van der Waals surface area contributed by atoms with Crippen LogP contribution in [0.25, 0.3) is 0 Å².